The number of carboxylic acids is 1. The summed E-state index contributed by atoms with van der Waals surface area (Å²) >= 11 is 0. The lowest BCUT2D eigenvalue weighted by Crippen LogP contribution is -2.25. The number of benzene rings is 1. The zero-order valence-electron chi connectivity index (χ0n) is 13.1. The summed E-state index contributed by atoms with van der Waals surface area (Å²) in [4.78, 5) is 12.4. The molecule has 0 bridgehead atoms. The third-order valence-electron chi connectivity index (χ3n) is 2.92. The molecule has 1 N–H and O–H groups in total. The van der Waals surface area contributed by atoms with Crippen molar-refractivity contribution in [1.29, 1.82) is 0 Å². The predicted octanol–water partition coefficient (Wildman–Crippen LogP) is 2.78. The van der Waals surface area contributed by atoms with Crippen molar-refractivity contribution in [2.24, 2.45) is 0 Å². The fourth-order valence-corrected chi connectivity index (χ4v) is 1.96. The molecule has 0 unspecified atom stereocenters. The number of rotatable bonds is 10. The smallest absolute Gasteiger partial charge is 0.317 e. The third kappa shape index (κ3) is 6.49. The number of unbranched alkanes of at least 4 members (excludes halogenated alkanes) is 1. The maximum absolute atomic E-state index is 10.7. The summed E-state index contributed by atoms with van der Waals surface area (Å²) in [6.07, 6.45) is 2.09. The van der Waals surface area contributed by atoms with Gasteiger partial charge in [-0.1, -0.05) is 19.4 Å². The Bertz CT molecular complexity index is 448. The van der Waals surface area contributed by atoms with Crippen LogP contribution in [0.15, 0.2) is 18.2 Å². The topological polar surface area (TPSA) is 59.0 Å². The molecule has 0 amide bonds. The van der Waals surface area contributed by atoms with Crippen LogP contribution in [-0.4, -0.2) is 42.8 Å². The molecule has 0 heterocycles. The van der Waals surface area contributed by atoms with E-state index in [1.54, 1.807) is 11.9 Å². The summed E-state index contributed by atoms with van der Waals surface area (Å²) in [7, 11) is 1.78. The molecule has 0 aromatic heterocycles. The molecule has 0 radical (unpaired) electrons. The van der Waals surface area contributed by atoms with Crippen LogP contribution in [0.5, 0.6) is 11.5 Å². The number of carbonyl (C=O) groups is 1. The molecule has 1 aromatic rings. The monoisotopic (exact) mass is 295 g/mol. The second-order valence-corrected chi connectivity index (χ2v) is 4.98. The number of carboxylic acid groups (broad SMARTS) is 1. The first-order valence-electron chi connectivity index (χ1n) is 7.35. The largest absolute Gasteiger partial charge is 0.490 e. The van der Waals surface area contributed by atoms with Crippen LogP contribution in [0.4, 0.5) is 0 Å². The Morgan fingerprint density at radius 2 is 2.00 bits per heavy atom. The van der Waals surface area contributed by atoms with Gasteiger partial charge in [0.25, 0.3) is 0 Å². The van der Waals surface area contributed by atoms with Crippen LogP contribution in [0.1, 0.15) is 32.3 Å². The Kier molecular flexibility index (Phi) is 7.61. The fraction of sp³-hybridized carbons (Fsp3) is 0.562. The second kappa shape index (κ2) is 9.23. The van der Waals surface area contributed by atoms with Crippen LogP contribution in [-0.2, 0) is 11.3 Å². The highest BCUT2D eigenvalue weighted by atomic mass is 16.5. The van der Waals surface area contributed by atoms with Gasteiger partial charge in [0.05, 0.1) is 19.8 Å². The normalized spacial score (nSPS) is 10.7. The maximum atomic E-state index is 10.7. The molecule has 0 aliphatic carbocycles. The van der Waals surface area contributed by atoms with E-state index in [1.165, 1.54) is 0 Å². The van der Waals surface area contributed by atoms with Crippen LogP contribution in [0.25, 0.3) is 0 Å². The molecule has 1 aromatic carbocycles. The first-order valence-corrected chi connectivity index (χ1v) is 7.35. The van der Waals surface area contributed by atoms with Crippen molar-refractivity contribution in [2.45, 2.75) is 33.2 Å². The van der Waals surface area contributed by atoms with Gasteiger partial charge in [0.2, 0.25) is 0 Å². The quantitative estimate of drug-likeness (QED) is 0.673. The minimum Gasteiger partial charge on any atom is -0.490 e. The zero-order chi connectivity index (χ0) is 15.7. The lowest BCUT2D eigenvalue weighted by Gasteiger charge is -2.17. The molecule has 21 heavy (non-hydrogen) atoms. The summed E-state index contributed by atoms with van der Waals surface area (Å²) < 4.78 is 11.3. The molecule has 5 heteroatoms. The average molecular weight is 295 g/mol. The molecule has 0 fully saturated rings. The molecular formula is C16H25NO4. The number of likely N-dealkylation sites (N-methyl/N-ethyl adjacent to an activating group) is 1. The Hall–Kier alpha value is -1.75. The van der Waals surface area contributed by atoms with Gasteiger partial charge in [0.1, 0.15) is 0 Å². The van der Waals surface area contributed by atoms with Crippen molar-refractivity contribution in [1.82, 2.24) is 4.90 Å². The molecule has 0 atom stereocenters. The van der Waals surface area contributed by atoms with E-state index in [2.05, 4.69) is 6.92 Å². The van der Waals surface area contributed by atoms with Gasteiger partial charge in [-0.05, 0) is 38.1 Å². The van der Waals surface area contributed by atoms with E-state index in [4.69, 9.17) is 14.6 Å². The van der Waals surface area contributed by atoms with Gasteiger partial charge in [-0.25, -0.2) is 0 Å². The molecule has 0 saturated heterocycles. The minimum atomic E-state index is -0.831. The minimum absolute atomic E-state index is 0.0126. The van der Waals surface area contributed by atoms with Crippen molar-refractivity contribution >= 4 is 5.97 Å². The summed E-state index contributed by atoms with van der Waals surface area (Å²) in [5, 5.41) is 8.78. The number of hydrogen-bond acceptors (Lipinski definition) is 4. The highest BCUT2D eigenvalue weighted by molar-refractivity contribution is 5.69. The van der Waals surface area contributed by atoms with E-state index >= 15 is 0 Å². The van der Waals surface area contributed by atoms with E-state index < -0.39 is 5.97 Å². The molecule has 1 rings (SSSR count). The molecular weight excluding hydrogens is 270 g/mol. The van der Waals surface area contributed by atoms with Crippen LogP contribution in [0, 0.1) is 0 Å². The van der Waals surface area contributed by atoms with Crippen molar-refractivity contribution < 1.29 is 19.4 Å². The van der Waals surface area contributed by atoms with Gasteiger partial charge in [0, 0.05) is 6.54 Å². The SMILES string of the molecule is CCCCOc1ccc(CN(C)CC(=O)O)cc1OCC. The molecule has 5 nitrogen and oxygen atoms in total. The number of nitrogens with zero attached hydrogens (tertiary/aromatic N) is 1. The van der Waals surface area contributed by atoms with Crippen LogP contribution < -0.4 is 9.47 Å². The Labute approximate surface area is 126 Å². The highest BCUT2D eigenvalue weighted by Crippen LogP contribution is 2.29. The van der Waals surface area contributed by atoms with Crippen LogP contribution in [0.2, 0.25) is 0 Å². The van der Waals surface area contributed by atoms with Gasteiger partial charge < -0.3 is 14.6 Å². The van der Waals surface area contributed by atoms with Gasteiger partial charge >= 0.3 is 5.97 Å². The van der Waals surface area contributed by atoms with Crippen molar-refractivity contribution in [2.75, 3.05) is 26.8 Å². The second-order valence-electron chi connectivity index (χ2n) is 4.98. The van der Waals surface area contributed by atoms with E-state index in [0.717, 1.165) is 29.9 Å². The first kappa shape index (κ1) is 17.3. The lowest BCUT2D eigenvalue weighted by atomic mass is 10.2. The van der Waals surface area contributed by atoms with E-state index in [9.17, 15) is 4.79 Å². The van der Waals surface area contributed by atoms with Crippen molar-refractivity contribution in [3.8, 4) is 11.5 Å². The third-order valence-corrected chi connectivity index (χ3v) is 2.92. The average Bonchev–Trinajstić information content (AvgIpc) is 2.40. The predicted molar refractivity (Wildman–Crippen MR) is 82.0 cm³/mol. The standard InChI is InChI=1S/C16H25NO4/c1-4-6-9-21-14-8-7-13(10-15(14)20-5-2)11-17(3)12-16(18)19/h7-8,10H,4-6,9,11-12H2,1-3H3,(H,18,19). The van der Waals surface area contributed by atoms with E-state index in [0.29, 0.717) is 19.8 Å². The number of hydrogen-bond donors (Lipinski definition) is 1. The Morgan fingerprint density at radius 3 is 2.62 bits per heavy atom. The summed E-state index contributed by atoms with van der Waals surface area (Å²) in [6, 6.07) is 5.76. The zero-order valence-corrected chi connectivity index (χ0v) is 13.1. The first-order chi connectivity index (χ1) is 10.1. The molecule has 118 valence electrons. The van der Waals surface area contributed by atoms with Crippen LogP contribution in [0.3, 0.4) is 0 Å². The molecule has 0 aliphatic heterocycles. The van der Waals surface area contributed by atoms with E-state index in [-0.39, 0.29) is 6.54 Å². The summed E-state index contributed by atoms with van der Waals surface area (Å²) in [6.45, 7) is 5.86. The van der Waals surface area contributed by atoms with Gasteiger partial charge in [-0.15, -0.1) is 0 Å². The highest BCUT2D eigenvalue weighted by Gasteiger charge is 2.09. The summed E-state index contributed by atoms with van der Waals surface area (Å²) in [5.74, 6) is 0.631. The number of aliphatic carboxylic acids is 1. The van der Waals surface area contributed by atoms with Gasteiger partial charge in [0.15, 0.2) is 11.5 Å². The Balaban J connectivity index is 2.74. The van der Waals surface area contributed by atoms with Crippen molar-refractivity contribution in [3.05, 3.63) is 23.8 Å². The van der Waals surface area contributed by atoms with Crippen LogP contribution >= 0.6 is 0 Å². The lowest BCUT2D eigenvalue weighted by molar-refractivity contribution is -0.138. The van der Waals surface area contributed by atoms with Gasteiger partial charge in [-0.3, -0.25) is 9.69 Å². The van der Waals surface area contributed by atoms with E-state index in [1.807, 2.05) is 25.1 Å². The van der Waals surface area contributed by atoms with Gasteiger partial charge in [-0.2, -0.15) is 0 Å². The molecule has 0 saturated carbocycles. The summed E-state index contributed by atoms with van der Waals surface area (Å²) in [5.41, 5.74) is 1.00. The van der Waals surface area contributed by atoms with Crippen molar-refractivity contribution in [3.63, 3.8) is 0 Å². The maximum Gasteiger partial charge on any atom is 0.317 e. The Morgan fingerprint density at radius 1 is 1.24 bits per heavy atom. The fourth-order valence-electron chi connectivity index (χ4n) is 1.96. The molecule has 0 spiro atoms. The molecule has 0 aliphatic rings. The number of ether oxygens (including phenoxy) is 2.